The van der Waals surface area contributed by atoms with Crippen LogP contribution in [0.4, 0.5) is 0 Å². The highest BCUT2D eigenvalue weighted by atomic mass is 31.2. The van der Waals surface area contributed by atoms with E-state index in [2.05, 4.69) is 24.4 Å². The summed E-state index contributed by atoms with van der Waals surface area (Å²) in [5.74, 6) is 0. The van der Waals surface area contributed by atoms with E-state index in [1.807, 2.05) is 32.0 Å². The Morgan fingerprint density at radius 3 is 2.42 bits per heavy atom. The molecule has 1 aliphatic heterocycles. The molecule has 0 radical (unpaired) electrons. The summed E-state index contributed by atoms with van der Waals surface area (Å²) in [5, 5.41) is 2.91. The first-order chi connectivity index (χ1) is 15.1. The Morgan fingerprint density at radius 1 is 1.06 bits per heavy atom. The van der Waals surface area contributed by atoms with E-state index in [0.717, 1.165) is 50.7 Å². The Hall–Kier alpha value is -0.750. The lowest BCUT2D eigenvalue weighted by Gasteiger charge is -2.40. The summed E-state index contributed by atoms with van der Waals surface area (Å²) in [5.41, 5.74) is 1.15. The van der Waals surface area contributed by atoms with E-state index in [1.54, 1.807) is 0 Å². The van der Waals surface area contributed by atoms with Gasteiger partial charge >= 0.3 is 7.60 Å². The van der Waals surface area contributed by atoms with Crippen LogP contribution in [0, 0.1) is 0 Å². The predicted molar refractivity (Wildman–Crippen MR) is 125 cm³/mol. The average molecular weight is 456 g/mol. The van der Waals surface area contributed by atoms with Crippen molar-refractivity contribution in [1.82, 2.24) is 5.32 Å². The lowest BCUT2D eigenvalue weighted by Crippen LogP contribution is -2.45. The van der Waals surface area contributed by atoms with Crippen molar-refractivity contribution in [3.8, 4) is 0 Å². The van der Waals surface area contributed by atoms with Crippen LogP contribution in [0.1, 0.15) is 77.7 Å². The first-order valence-corrected chi connectivity index (χ1v) is 13.5. The number of benzene rings is 1. The van der Waals surface area contributed by atoms with Gasteiger partial charge in [-0.25, -0.2) is 0 Å². The molecule has 178 valence electrons. The maximum Gasteiger partial charge on any atom is 0.350 e. The standard InChI is InChI=1S/C24H42NO5P/c1-4-17-24(31(26,29-5-2)30-6-3,25-21-22-14-8-7-9-15-22)18-11-13-20-28-23-16-10-12-19-27-23/h7-9,14-15,23,25H,4-6,10-13,16-21H2,1-3H3. The molecule has 0 saturated carbocycles. The van der Waals surface area contributed by atoms with E-state index in [1.165, 1.54) is 6.42 Å². The summed E-state index contributed by atoms with van der Waals surface area (Å²) in [6.45, 7) is 8.64. The molecule has 0 aromatic heterocycles. The fourth-order valence-corrected chi connectivity index (χ4v) is 6.60. The summed E-state index contributed by atoms with van der Waals surface area (Å²) in [6, 6.07) is 10.2. The Balaban J connectivity index is 2.06. The highest BCUT2D eigenvalue weighted by Crippen LogP contribution is 2.62. The molecule has 1 fully saturated rings. The molecule has 1 heterocycles. The fourth-order valence-electron chi connectivity index (χ4n) is 4.15. The van der Waals surface area contributed by atoms with Gasteiger partial charge in [-0.2, -0.15) is 0 Å². The van der Waals surface area contributed by atoms with Gasteiger partial charge in [-0.15, -0.1) is 0 Å². The van der Waals surface area contributed by atoms with E-state index in [9.17, 15) is 4.57 Å². The zero-order valence-corrected chi connectivity index (χ0v) is 20.5. The summed E-state index contributed by atoms with van der Waals surface area (Å²) in [4.78, 5) is 0. The molecule has 2 atom stereocenters. The number of hydrogen-bond acceptors (Lipinski definition) is 6. The van der Waals surface area contributed by atoms with Gasteiger partial charge in [0.1, 0.15) is 5.28 Å². The second-order valence-corrected chi connectivity index (χ2v) is 10.4. The molecule has 1 aromatic carbocycles. The Bertz CT molecular complexity index is 628. The van der Waals surface area contributed by atoms with Crippen LogP contribution in [0.15, 0.2) is 30.3 Å². The number of ether oxygens (including phenoxy) is 2. The molecule has 0 aliphatic carbocycles. The van der Waals surface area contributed by atoms with E-state index >= 15 is 0 Å². The smallest absolute Gasteiger partial charge is 0.350 e. The molecule has 1 aromatic rings. The van der Waals surface area contributed by atoms with Crippen LogP contribution in [0.3, 0.4) is 0 Å². The normalized spacial score (nSPS) is 19.3. The van der Waals surface area contributed by atoms with Crippen LogP contribution in [-0.2, 0) is 29.6 Å². The van der Waals surface area contributed by atoms with Gasteiger partial charge in [0.15, 0.2) is 6.29 Å². The second kappa shape index (κ2) is 14.4. The van der Waals surface area contributed by atoms with Gasteiger partial charge in [0.25, 0.3) is 0 Å². The third kappa shape index (κ3) is 8.27. The number of hydrogen-bond donors (Lipinski definition) is 1. The molecule has 0 spiro atoms. The van der Waals surface area contributed by atoms with Crippen LogP contribution >= 0.6 is 7.60 Å². The maximum atomic E-state index is 14.0. The van der Waals surface area contributed by atoms with E-state index < -0.39 is 12.9 Å². The zero-order valence-electron chi connectivity index (χ0n) is 19.6. The molecule has 7 heteroatoms. The molecular weight excluding hydrogens is 413 g/mol. The van der Waals surface area contributed by atoms with Crippen LogP contribution in [0.5, 0.6) is 0 Å². The van der Waals surface area contributed by atoms with Gasteiger partial charge in [0, 0.05) is 19.8 Å². The minimum Gasteiger partial charge on any atom is -0.353 e. The SMILES string of the molecule is CCCC(CCCCOC1CCCCO1)(NCc1ccccc1)P(=O)(OCC)OCC. The third-order valence-corrected chi connectivity index (χ3v) is 8.53. The molecule has 1 aliphatic rings. The molecule has 0 bridgehead atoms. The van der Waals surface area contributed by atoms with Crippen molar-refractivity contribution in [1.29, 1.82) is 0 Å². The predicted octanol–water partition coefficient (Wildman–Crippen LogP) is 6.25. The minimum atomic E-state index is -3.37. The lowest BCUT2D eigenvalue weighted by molar-refractivity contribution is -0.162. The highest BCUT2D eigenvalue weighted by molar-refractivity contribution is 7.55. The van der Waals surface area contributed by atoms with Crippen LogP contribution in [0.2, 0.25) is 0 Å². The Kier molecular flexibility index (Phi) is 12.3. The molecule has 31 heavy (non-hydrogen) atoms. The molecule has 6 nitrogen and oxygen atoms in total. The van der Waals surface area contributed by atoms with Crippen molar-refractivity contribution in [3.63, 3.8) is 0 Å². The van der Waals surface area contributed by atoms with Crippen molar-refractivity contribution in [2.45, 2.75) is 90.3 Å². The Morgan fingerprint density at radius 2 is 1.81 bits per heavy atom. The van der Waals surface area contributed by atoms with Gasteiger partial charge in [0.05, 0.1) is 13.2 Å². The molecular formula is C24H42NO5P. The molecule has 0 amide bonds. The van der Waals surface area contributed by atoms with Crippen molar-refractivity contribution in [2.75, 3.05) is 26.4 Å². The largest absolute Gasteiger partial charge is 0.353 e. The molecule has 2 unspecified atom stereocenters. The quantitative estimate of drug-likeness (QED) is 0.235. The van der Waals surface area contributed by atoms with Crippen molar-refractivity contribution < 1.29 is 23.1 Å². The first kappa shape index (κ1) is 26.5. The van der Waals surface area contributed by atoms with Gasteiger partial charge < -0.3 is 18.5 Å². The van der Waals surface area contributed by atoms with E-state index in [0.29, 0.717) is 32.8 Å². The Labute approximate surface area is 188 Å². The molecule has 1 N–H and O–H groups in total. The number of nitrogens with one attached hydrogen (secondary N) is 1. The zero-order chi connectivity index (χ0) is 22.4. The molecule has 1 saturated heterocycles. The minimum absolute atomic E-state index is 0.0664. The summed E-state index contributed by atoms with van der Waals surface area (Å²) < 4.78 is 37.2. The number of unbranched alkanes of at least 4 members (excludes halogenated alkanes) is 1. The lowest BCUT2D eigenvalue weighted by atomic mass is 10.0. The van der Waals surface area contributed by atoms with Gasteiger partial charge in [-0.3, -0.25) is 9.88 Å². The van der Waals surface area contributed by atoms with Crippen LogP contribution in [-0.4, -0.2) is 38.0 Å². The topological polar surface area (TPSA) is 66.0 Å². The van der Waals surface area contributed by atoms with Gasteiger partial charge in [-0.1, -0.05) is 43.7 Å². The summed E-state index contributed by atoms with van der Waals surface area (Å²) in [6.07, 6.45) is 7.28. The monoisotopic (exact) mass is 455 g/mol. The second-order valence-electron chi connectivity index (χ2n) is 8.08. The van der Waals surface area contributed by atoms with Crippen molar-refractivity contribution >= 4 is 7.60 Å². The van der Waals surface area contributed by atoms with E-state index in [4.69, 9.17) is 18.5 Å². The van der Waals surface area contributed by atoms with Crippen molar-refractivity contribution in [3.05, 3.63) is 35.9 Å². The fraction of sp³-hybridized carbons (Fsp3) is 0.750. The van der Waals surface area contributed by atoms with Gasteiger partial charge in [0.2, 0.25) is 0 Å². The van der Waals surface area contributed by atoms with Crippen LogP contribution in [0.25, 0.3) is 0 Å². The third-order valence-electron chi connectivity index (χ3n) is 5.68. The first-order valence-electron chi connectivity index (χ1n) is 12.0. The van der Waals surface area contributed by atoms with Crippen LogP contribution < -0.4 is 5.32 Å². The van der Waals surface area contributed by atoms with Crippen molar-refractivity contribution in [2.24, 2.45) is 0 Å². The highest BCUT2D eigenvalue weighted by Gasteiger charge is 2.49. The summed E-state index contributed by atoms with van der Waals surface area (Å²) in [7, 11) is -3.37. The average Bonchev–Trinajstić information content (AvgIpc) is 2.79. The summed E-state index contributed by atoms with van der Waals surface area (Å²) >= 11 is 0. The van der Waals surface area contributed by atoms with E-state index in [-0.39, 0.29) is 6.29 Å². The number of rotatable bonds is 16. The maximum absolute atomic E-state index is 14.0. The molecule has 2 rings (SSSR count). The van der Waals surface area contributed by atoms with Gasteiger partial charge in [-0.05, 0) is 64.4 Å².